The lowest BCUT2D eigenvalue weighted by Gasteiger charge is -2.28. The number of nitrogens with zero attached hydrogens (tertiary/aromatic N) is 1. The summed E-state index contributed by atoms with van der Waals surface area (Å²) in [5.74, 6) is -0.0441. The van der Waals surface area contributed by atoms with E-state index in [0.29, 0.717) is 17.1 Å². The molecule has 0 unspecified atom stereocenters. The summed E-state index contributed by atoms with van der Waals surface area (Å²) in [6.45, 7) is 8.76. The summed E-state index contributed by atoms with van der Waals surface area (Å²) < 4.78 is 10.7. The van der Waals surface area contributed by atoms with Crippen LogP contribution in [0.4, 0.5) is 17.1 Å². The van der Waals surface area contributed by atoms with Gasteiger partial charge in [-0.2, -0.15) is 0 Å². The highest BCUT2D eigenvalue weighted by atomic mass is 16.5. The number of rotatable bonds is 8. The van der Waals surface area contributed by atoms with Crippen LogP contribution in [0.3, 0.4) is 0 Å². The van der Waals surface area contributed by atoms with Gasteiger partial charge in [-0.15, -0.1) is 0 Å². The molecule has 0 aliphatic carbocycles. The highest BCUT2D eigenvalue weighted by molar-refractivity contribution is 6.25. The van der Waals surface area contributed by atoms with Crippen molar-refractivity contribution in [1.29, 1.82) is 0 Å². The van der Waals surface area contributed by atoms with Crippen LogP contribution < -0.4 is 14.4 Å². The van der Waals surface area contributed by atoms with Crippen molar-refractivity contribution in [1.82, 2.24) is 0 Å². The first-order chi connectivity index (χ1) is 22.4. The van der Waals surface area contributed by atoms with Gasteiger partial charge in [-0.1, -0.05) is 86.0 Å². The highest BCUT2D eigenvalue weighted by Crippen LogP contribution is 2.44. The average molecular weight is 600 g/mol. The Morgan fingerprint density at radius 3 is 1.72 bits per heavy atom. The molecular formula is C41H29NO4. The van der Waals surface area contributed by atoms with Crippen LogP contribution in [0.5, 0.6) is 11.5 Å². The molecular weight excluding hydrogens is 570 g/mol. The second-order valence-electron chi connectivity index (χ2n) is 11.1. The number of carbonyl (C=O) groups is 2. The molecule has 46 heavy (non-hydrogen) atoms. The first-order valence-electron chi connectivity index (χ1n) is 14.9. The fraction of sp³-hybridized carbons (Fsp3) is 0.0244. The fourth-order valence-electron chi connectivity index (χ4n) is 5.88. The van der Waals surface area contributed by atoms with Crippen LogP contribution in [-0.4, -0.2) is 11.9 Å². The molecule has 5 nitrogen and oxygen atoms in total. The third-order valence-electron chi connectivity index (χ3n) is 8.10. The SMILES string of the molecule is C=CC(=O)Oc1ccc(-c2ccc(N(c3ccc(OC(=O)C(=C)C)cc3)c3ccc4ccc5cccc6ccc3c4c56)cc2)cc1. The molecule has 0 aliphatic rings. The predicted octanol–water partition coefficient (Wildman–Crippen LogP) is 10.3. The molecule has 0 heterocycles. The van der Waals surface area contributed by atoms with E-state index in [0.717, 1.165) is 39.7 Å². The van der Waals surface area contributed by atoms with E-state index in [9.17, 15) is 9.59 Å². The van der Waals surface area contributed by atoms with Crippen LogP contribution in [0.2, 0.25) is 0 Å². The minimum absolute atomic E-state index is 0.340. The second kappa shape index (κ2) is 11.7. The zero-order valence-corrected chi connectivity index (χ0v) is 25.2. The second-order valence-corrected chi connectivity index (χ2v) is 11.1. The van der Waals surface area contributed by atoms with E-state index in [2.05, 4.69) is 96.9 Å². The number of benzene rings is 7. The number of hydrogen-bond donors (Lipinski definition) is 0. The van der Waals surface area contributed by atoms with Gasteiger partial charge in [0.15, 0.2) is 0 Å². The van der Waals surface area contributed by atoms with Crippen LogP contribution in [-0.2, 0) is 9.59 Å². The van der Waals surface area contributed by atoms with Crippen molar-refractivity contribution in [3.8, 4) is 22.6 Å². The summed E-state index contributed by atoms with van der Waals surface area (Å²) in [5, 5.41) is 7.20. The van der Waals surface area contributed by atoms with E-state index in [4.69, 9.17) is 9.47 Å². The van der Waals surface area contributed by atoms with Gasteiger partial charge in [0.05, 0.1) is 5.69 Å². The Bertz CT molecular complexity index is 2250. The lowest BCUT2D eigenvalue weighted by atomic mass is 9.93. The van der Waals surface area contributed by atoms with Crippen LogP contribution in [0.15, 0.2) is 152 Å². The number of ether oxygens (including phenoxy) is 2. The maximum Gasteiger partial charge on any atom is 0.338 e. The van der Waals surface area contributed by atoms with E-state index in [-0.39, 0.29) is 0 Å². The zero-order valence-electron chi connectivity index (χ0n) is 25.2. The molecule has 0 aliphatic heterocycles. The molecule has 7 aromatic rings. The van der Waals surface area contributed by atoms with Gasteiger partial charge in [0.2, 0.25) is 0 Å². The number of carbonyl (C=O) groups excluding carboxylic acids is 2. The quantitative estimate of drug-likeness (QED) is 0.0753. The summed E-state index contributed by atoms with van der Waals surface area (Å²) >= 11 is 0. The molecule has 0 saturated heterocycles. The van der Waals surface area contributed by atoms with Gasteiger partial charge in [0.25, 0.3) is 0 Å². The molecule has 5 heteroatoms. The Hall–Kier alpha value is -6.20. The Kier molecular flexibility index (Phi) is 7.27. The van der Waals surface area contributed by atoms with E-state index in [1.54, 1.807) is 31.2 Å². The molecule has 0 amide bonds. The van der Waals surface area contributed by atoms with Gasteiger partial charge in [-0.25, -0.2) is 9.59 Å². The zero-order chi connectivity index (χ0) is 31.8. The Morgan fingerprint density at radius 2 is 1.11 bits per heavy atom. The summed E-state index contributed by atoms with van der Waals surface area (Å²) in [4.78, 5) is 26.0. The highest BCUT2D eigenvalue weighted by Gasteiger charge is 2.19. The van der Waals surface area contributed by atoms with Crippen molar-refractivity contribution >= 4 is 61.3 Å². The summed E-state index contributed by atoms with van der Waals surface area (Å²) in [6.07, 6.45) is 1.14. The van der Waals surface area contributed by atoms with Crippen molar-refractivity contribution in [3.05, 3.63) is 152 Å². The minimum Gasteiger partial charge on any atom is -0.423 e. The van der Waals surface area contributed by atoms with E-state index >= 15 is 0 Å². The first-order valence-corrected chi connectivity index (χ1v) is 14.9. The molecule has 7 rings (SSSR count). The van der Waals surface area contributed by atoms with Crippen molar-refractivity contribution in [2.75, 3.05) is 4.90 Å². The molecule has 0 atom stereocenters. The molecule has 0 N–H and O–H groups in total. The summed E-state index contributed by atoms with van der Waals surface area (Å²) in [7, 11) is 0. The molecule has 0 saturated carbocycles. The summed E-state index contributed by atoms with van der Waals surface area (Å²) in [5.41, 5.74) is 5.24. The van der Waals surface area contributed by atoms with Gasteiger partial charge < -0.3 is 14.4 Å². The van der Waals surface area contributed by atoms with Crippen LogP contribution >= 0.6 is 0 Å². The van der Waals surface area contributed by atoms with Crippen molar-refractivity contribution in [2.24, 2.45) is 0 Å². The lowest BCUT2D eigenvalue weighted by molar-refractivity contribution is -0.130. The van der Waals surface area contributed by atoms with Gasteiger partial charge in [-0.3, -0.25) is 0 Å². The normalized spacial score (nSPS) is 11.1. The number of esters is 2. The molecule has 0 fully saturated rings. The monoisotopic (exact) mass is 599 g/mol. The van der Waals surface area contributed by atoms with E-state index in [1.807, 2.05) is 24.3 Å². The molecule has 0 radical (unpaired) electrons. The molecule has 0 spiro atoms. The Labute approximate surface area is 266 Å². The Morgan fingerprint density at radius 1 is 0.609 bits per heavy atom. The van der Waals surface area contributed by atoms with Gasteiger partial charge in [0, 0.05) is 28.4 Å². The van der Waals surface area contributed by atoms with Gasteiger partial charge in [0.1, 0.15) is 11.5 Å². The first kappa shape index (κ1) is 28.6. The maximum absolute atomic E-state index is 12.2. The van der Waals surface area contributed by atoms with E-state index < -0.39 is 11.9 Å². The average Bonchev–Trinajstić information content (AvgIpc) is 3.09. The van der Waals surface area contributed by atoms with E-state index in [1.165, 1.54) is 26.9 Å². The molecule has 0 bridgehead atoms. The third-order valence-corrected chi connectivity index (χ3v) is 8.10. The Balaban J connectivity index is 1.33. The summed E-state index contributed by atoms with van der Waals surface area (Å²) in [6, 6.07) is 42.7. The lowest BCUT2D eigenvalue weighted by Crippen LogP contribution is -2.11. The number of hydrogen-bond acceptors (Lipinski definition) is 5. The van der Waals surface area contributed by atoms with Gasteiger partial charge >= 0.3 is 11.9 Å². The van der Waals surface area contributed by atoms with Crippen LogP contribution in [0, 0.1) is 0 Å². The fourth-order valence-corrected chi connectivity index (χ4v) is 5.88. The molecule has 0 aromatic heterocycles. The minimum atomic E-state index is -0.494. The van der Waals surface area contributed by atoms with Crippen LogP contribution in [0.25, 0.3) is 43.4 Å². The predicted molar refractivity (Wildman–Crippen MR) is 187 cm³/mol. The largest absolute Gasteiger partial charge is 0.423 e. The van der Waals surface area contributed by atoms with Crippen molar-refractivity contribution in [2.45, 2.75) is 6.92 Å². The standard InChI is InChI=1S/C41H29NO4/c1-4-38(43)45-34-20-12-28(13-21-34)27-10-16-32(17-11-27)42(33-18-22-35(23-19-33)46-41(44)26(2)3)37-25-15-31-9-8-29-6-5-7-30-14-24-36(37)40(31)39(29)30/h4-25H,1-2H2,3H3. The third kappa shape index (κ3) is 5.24. The molecule has 7 aromatic carbocycles. The van der Waals surface area contributed by atoms with Crippen molar-refractivity contribution < 1.29 is 19.1 Å². The smallest absolute Gasteiger partial charge is 0.338 e. The van der Waals surface area contributed by atoms with Gasteiger partial charge in [-0.05, 0) is 99.6 Å². The number of anilines is 3. The topological polar surface area (TPSA) is 55.8 Å². The molecule has 222 valence electrons. The van der Waals surface area contributed by atoms with Crippen LogP contribution in [0.1, 0.15) is 6.92 Å². The maximum atomic E-state index is 12.2. The van der Waals surface area contributed by atoms with Crippen molar-refractivity contribution in [3.63, 3.8) is 0 Å².